The van der Waals surface area contributed by atoms with E-state index < -0.39 is 0 Å². The first-order chi connectivity index (χ1) is 10.2. The van der Waals surface area contributed by atoms with E-state index in [2.05, 4.69) is 10.4 Å². The van der Waals surface area contributed by atoms with Crippen LogP contribution in [0, 0.1) is 0 Å². The number of nitrogens with zero attached hydrogens (tertiary/aromatic N) is 1. The molecule has 3 rings (SSSR count). The zero-order chi connectivity index (χ0) is 14.8. The molecule has 0 aliphatic heterocycles. The van der Waals surface area contributed by atoms with Gasteiger partial charge in [0.15, 0.2) is 0 Å². The maximum Gasteiger partial charge on any atom is 0.0731 e. The molecule has 5 heteroatoms. The molecular formula is C16H13Cl2N3. The molecule has 1 heterocycles. The van der Waals surface area contributed by atoms with Gasteiger partial charge in [0.2, 0.25) is 0 Å². The lowest BCUT2D eigenvalue weighted by molar-refractivity contribution is 0.641. The maximum atomic E-state index is 6.30. The summed E-state index contributed by atoms with van der Waals surface area (Å²) in [4.78, 5) is 4.14. The van der Waals surface area contributed by atoms with Crippen LogP contribution < -0.4 is 11.3 Å². The molecule has 21 heavy (non-hydrogen) atoms. The Kier molecular flexibility index (Phi) is 4.08. The second-order valence-electron chi connectivity index (χ2n) is 4.71. The molecule has 3 nitrogen and oxygen atoms in total. The number of hydrogen-bond donors (Lipinski definition) is 2. The summed E-state index contributed by atoms with van der Waals surface area (Å²) < 4.78 is 0. The van der Waals surface area contributed by atoms with Crippen LogP contribution in [-0.2, 0) is 0 Å². The monoisotopic (exact) mass is 317 g/mol. The highest BCUT2D eigenvalue weighted by molar-refractivity contribution is 6.33. The number of nitrogens with one attached hydrogen (secondary N) is 1. The summed E-state index contributed by atoms with van der Waals surface area (Å²) in [7, 11) is 0. The number of halogens is 2. The van der Waals surface area contributed by atoms with E-state index in [4.69, 9.17) is 29.0 Å². The van der Waals surface area contributed by atoms with Crippen molar-refractivity contribution in [2.75, 3.05) is 0 Å². The lowest BCUT2D eigenvalue weighted by atomic mass is 9.95. The van der Waals surface area contributed by atoms with Crippen molar-refractivity contribution < 1.29 is 0 Å². The first-order valence-corrected chi connectivity index (χ1v) is 7.20. The fourth-order valence-electron chi connectivity index (χ4n) is 2.48. The second kappa shape index (κ2) is 6.00. The molecule has 0 aliphatic rings. The first-order valence-electron chi connectivity index (χ1n) is 6.44. The largest absolute Gasteiger partial charge is 0.271 e. The first kappa shape index (κ1) is 14.3. The topological polar surface area (TPSA) is 50.9 Å². The van der Waals surface area contributed by atoms with Gasteiger partial charge >= 0.3 is 0 Å². The molecule has 2 aromatic carbocycles. The minimum atomic E-state index is -0.248. The smallest absolute Gasteiger partial charge is 0.0731 e. The van der Waals surface area contributed by atoms with Gasteiger partial charge in [0.1, 0.15) is 0 Å². The Bertz CT molecular complexity index is 784. The molecule has 0 amide bonds. The number of nitrogens with two attached hydrogens (primary N) is 1. The van der Waals surface area contributed by atoms with Gasteiger partial charge in [-0.3, -0.25) is 10.8 Å². The molecule has 1 aromatic heterocycles. The highest BCUT2D eigenvalue weighted by Gasteiger charge is 2.18. The van der Waals surface area contributed by atoms with Crippen LogP contribution in [-0.4, -0.2) is 4.98 Å². The van der Waals surface area contributed by atoms with E-state index in [1.165, 1.54) is 0 Å². The van der Waals surface area contributed by atoms with Gasteiger partial charge in [-0.15, -0.1) is 0 Å². The molecule has 0 aliphatic carbocycles. The van der Waals surface area contributed by atoms with Crippen molar-refractivity contribution in [3.8, 4) is 0 Å². The van der Waals surface area contributed by atoms with Crippen LogP contribution in [0.15, 0.2) is 54.9 Å². The van der Waals surface area contributed by atoms with E-state index >= 15 is 0 Å². The van der Waals surface area contributed by atoms with Gasteiger partial charge in [0.25, 0.3) is 0 Å². The van der Waals surface area contributed by atoms with Crippen molar-refractivity contribution in [2.45, 2.75) is 6.04 Å². The van der Waals surface area contributed by atoms with E-state index in [1.54, 1.807) is 18.3 Å². The summed E-state index contributed by atoms with van der Waals surface area (Å²) in [6.45, 7) is 0. The highest BCUT2D eigenvalue weighted by Crippen LogP contribution is 2.33. The van der Waals surface area contributed by atoms with E-state index in [1.807, 2.05) is 36.5 Å². The van der Waals surface area contributed by atoms with E-state index in [0.29, 0.717) is 10.0 Å². The predicted molar refractivity (Wildman–Crippen MR) is 87.4 cm³/mol. The number of hydrogen-bond acceptors (Lipinski definition) is 3. The zero-order valence-corrected chi connectivity index (χ0v) is 12.6. The summed E-state index contributed by atoms with van der Waals surface area (Å²) in [5.41, 5.74) is 4.70. The summed E-state index contributed by atoms with van der Waals surface area (Å²) in [6, 6.07) is 13.1. The van der Waals surface area contributed by atoms with Crippen molar-refractivity contribution in [1.82, 2.24) is 10.4 Å². The molecule has 0 spiro atoms. The van der Waals surface area contributed by atoms with Gasteiger partial charge in [0, 0.05) is 27.8 Å². The Labute approximate surface area is 132 Å². The molecule has 3 aromatic rings. The van der Waals surface area contributed by atoms with Gasteiger partial charge in [-0.2, -0.15) is 0 Å². The Morgan fingerprint density at radius 1 is 1.05 bits per heavy atom. The normalized spacial score (nSPS) is 12.5. The standard InChI is InChI=1S/C16H13Cl2N3/c17-11-4-5-15(18)14(8-11)16(21-19)13-3-1-2-10-9-20-7-6-12(10)13/h1-9,16,21H,19H2. The van der Waals surface area contributed by atoms with E-state index in [-0.39, 0.29) is 6.04 Å². The quantitative estimate of drug-likeness (QED) is 0.565. The minimum Gasteiger partial charge on any atom is -0.271 e. The van der Waals surface area contributed by atoms with Crippen LogP contribution in [0.3, 0.4) is 0 Å². The molecular weight excluding hydrogens is 305 g/mol. The lowest BCUT2D eigenvalue weighted by Crippen LogP contribution is -2.29. The van der Waals surface area contributed by atoms with Gasteiger partial charge < -0.3 is 0 Å². The van der Waals surface area contributed by atoms with Gasteiger partial charge in [-0.05, 0) is 40.8 Å². The third-order valence-corrected chi connectivity index (χ3v) is 4.04. The lowest BCUT2D eigenvalue weighted by Gasteiger charge is -2.20. The van der Waals surface area contributed by atoms with Crippen LogP contribution >= 0.6 is 23.2 Å². The Hall–Kier alpha value is -1.65. The van der Waals surface area contributed by atoms with E-state index in [0.717, 1.165) is 21.9 Å². The maximum absolute atomic E-state index is 6.30. The van der Waals surface area contributed by atoms with Crippen LogP contribution in [0.25, 0.3) is 10.8 Å². The molecule has 0 radical (unpaired) electrons. The van der Waals surface area contributed by atoms with Gasteiger partial charge in [-0.25, -0.2) is 5.43 Å². The number of pyridine rings is 1. The molecule has 1 atom stereocenters. The summed E-state index contributed by atoms with van der Waals surface area (Å²) >= 11 is 12.4. The molecule has 106 valence electrons. The van der Waals surface area contributed by atoms with Crippen molar-refractivity contribution in [3.63, 3.8) is 0 Å². The average molecular weight is 318 g/mol. The summed E-state index contributed by atoms with van der Waals surface area (Å²) in [5, 5.41) is 3.37. The van der Waals surface area contributed by atoms with Crippen LogP contribution in [0.1, 0.15) is 17.2 Å². The number of aromatic nitrogens is 1. The van der Waals surface area contributed by atoms with Gasteiger partial charge in [-0.1, -0.05) is 41.4 Å². The third-order valence-electron chi connectivity index (χ3n) is 3.46. The van der Waals surface area contributed by atoms with Crippen LogP contribution in [0.2, 0.25) is 10.0 Å². The summed E-state index contributed by atoms with van der Waals surface area (Å²) in [5.74, 6) is 5.78. The highest BCUT2D eigenvalue weighted by atomic mass is 35.5. The molecule has 0 fully saturated rings. The van der Waals surface area contributed by atoms with E-state index in [9.17, 15) is 0 Å². The third kappa shape index (κ3) is 2.74. The number of hydrazine groups is 1. The molecule has 0 bridgehead atoms. The zero-order valence-electron chi connectivity index (χ0n) is 11.1. The van der Waals surface area contributed by atoms with Crippen LogP contribution in [0.5, 0.6) is 0 Å². The Balaban J connectivity index is 2.21. The second-order valence-corrected chi connectivity index (χ2v) is 5.55. The van der Waals surface area contributed by atoms with Crippen LogP contribution in [0.4, 0.5) is 0 Å². The van der Waals surface area contributed by atoms with Crippen molar-refractivity contribution in [3.05, 3.63) is 76.0 Å². The van der Waals surface area contributed by atoms with Crippen molar-refractivity contribution in [2.24, 2.45) is 5.84 Å². The van der Waals surface area contributed by atoms with Crippen molar-refractivity contribution >= 4 is 34.0 Å². The SMILES string of the molecule is NNC(c1cc(Cl)ccc1Cl)c1cccc2cnccc12. The average Bonchev–Trinajstić information content (AvgIpc) is 2.51. The molecule has 1 unspecified atom stereocenters. The minimum absolute atomic E-state index is 0.248. The van der Waals surface area contributed by atoms with Crippen molar-refractivity contribution in [1.29, 1.82) is 0 Å². The Morgan fingerprint density at radius 3 is 2.71 bits per heavy atom. The Morgan fingerprint density at radius 2 is 1.90 bits per heavy atom. The summed E-state index contributed by atoms with van der Waals surface area (Å²) in [6.07, 6.45) is 3.59. The predicted octanol–water partition coefficient (Wildman–Crippen LogP) is 4.09. The fraction of sp³-hybridized carbons (Fsp3) is 0.0625. The number of fused-ring (bicyclic) bond motifs is 1. The van der Waals surface area contributed by atoms with Gasteiger partial charge in [0.05, 0.1) is 6.04 Å². The number of rotatable bonds is 3. The number of benzene rings is 2. The molecule has 0 saturated carbocycles. The molecule has 3 N–H and O–H groups in total. The fourth-order valence-corrected chi connectivity index (χ4v) is 2.89. The molecule has 0 saturated heterocycles.